The van der Waals surface area contributed by atoms with Crippen LogP contribution in [0.4, 0.5) is 9.59 Å². The number of carbonyl (C=O) groups is 4. The summed E-state index contributed by atoms with van der Waals surface area (Å²) in [6.45, 7) is 6.27. The van der Waals surface area contributed by atoms with Gasteiger partial charge >= 0.3 is 12.1 Å². The number of nitrogens with one attached hydrogen (secondary N) is 2. The first kappa shape index (κ1) is 34.1. The summed E-state index contributed by atoms with van der Waals surface area (Å²) in [5, 5.41) is 18.4. The zero-order valence-electron chi connectivity index (χ0n) is 30.6. The Morgan fingerprint density at radius 3 is 1.68 bits per heavy atom. The fourth-order valence-electron chi connectivity index (χ4n) is 11.0. The Morgan fingerprint density at radius 2 is 1.15 bits per heavy atom. The topological polar surface area (TPSA) is 141 Å². The number of amides is 6. The molecule has 11 rings (SSSR count). The number of likely N-dealkylation sites (tertiary alicyclic amines) is 2. The van der Waals surface area contributed by atoms with Gasteiger partial charge in [-0.1, -0.05) is 30.3 Å². The van der Waals surface area contributed by atoms with E-state index >= 15 is 0 Å². The Kier molecular flexibility index (Phi) is 8.23. The molecule has 14 nitrogen and oxygen atoms in total. The van der Waals surface area contributed by atoms with E-state index in [9.17, 15) is 24.4 Å². The van der Waals surface area contributed by atoms with E-state index in [4.69, 9.17) is 4.84 Å². The van der Waals surface area contributed by atoms with Gasteiger partial charge in [-0.25, -0.2) is 14.7 Å². The number of hydrogen-bond donors (Lipinski definition) is 3. The monoisotopic (exact) mass is 732 g/mol. The van der Waals surface area contributed by atoms with Gasteiger partial charge in [0.15, 0.2) is 0 Å². The van der Waals surface area contributed by atoms with Crippen LogP contribution in [-0.4, -0.2) is 146 Å². The van der Waals surface area contributed by atoms with Crippen molar-refractivity contribution in [1.82, 2.24) is 40.4 Å². The molecule has 1 aromatic carbocycles. The third-order valence-electron chi connectivity index (χ3n) is 14.2. The molecule has 1 aromatic rings. The van der Waals surface area contributed by atoms with Crippen LogP contribution >= 0.6 is 0 Å². The first-order valence-corrected chi connectivity index (χ1v) is 20.3. The molecule has 10 aliphatic rings. The fraction of sp³-hybridized carbons (Fsp3) is 0.744. The number of carbonyl (C=O) groups excluding carboxylic acids is 4. The third kappa shape index (κ3) is 6.27. The van der Waals surface area contributed by atoms with Gasteiger partial charge in [0.2, 0.25) is 11.8 Å². The lowest BCUT2D eigenvalue weighted by Gasteiger charge is -2.59. The second kappa shape index (κ2) is 12.8. The summed E-state index contributed by atoms with van der Waals surface area (Å²) in [5.41, 5.74) is 1.96. The molecule has 14 heteroatoms. The normalized spacial score (nSPS) is 33.9. The number of piperidine rings is 2. The molecule has 2 spiro atoms. The standard InChI is InChI=1S/C23H30N4O3.C16H24N4O3.H2/c28-21(24-17-10-23(11-17)14-25(15-23)18-6-7-18)20-9-8-19-12-26(20)22(29)27(19)30-13-16-4-2-1-3-5-16;21-14(13-4-3-12-7-19(13)15(22)20(12)23)17-10-5-16(6-10)8-18(9-16)11-1-2-11;/h1-5,17-20H,6-15H2,(H,24,28);10-13,23H,1-9H2,(H,17,21);1H/t19-,20+;12-,13+;/m11./s1. The lowest BCUT2D eigenvalue weighted by molar-refractivity contribution is -0.140. The van der Waals surface area contributed by atoms with Gasteiger partial charge in [-0.3, -0.25) is 29.4 Å². The van der Waals surface area contributed by atoms with E-state index in [-0.39, 0.29) is 49.5 Å². The van der Waals surface area contributed by atoms with Crippen LogP contribution in [0.1, 0.15) is 84.0 Å². The molecule has 6 heterocycles. The number of nitrogens with zero attached hydrogens (tertiary/aromatic N) is 6. The van der Waals surface area contributed by atoms with Crippen molar-refractivity contribution in [3.05, 3.63) is 35.9 Å². The van der Waals surface area contributed by atoms with E-state index in [1.54, 1.807) is 4.90 Å². The number of hydroxylamine groups is 4. The molecule has 0 unspecified atom stereocenters. The first-order chi connectivity index (χ1) is 25.6. The summed E-state index contributed by atoms with van der Waals surface area (Å²) >= 11 is 0. The predicted octanol–water partition coefficient (Wildman–Crippen LogP) is 2.76. The maximum Gasteiger partial charge on any atom is 0.345 e. The summed E-state index contributed by atoms with van der Waals surface area (Å²) in [5.74, 6) is -0.0183. The average Bonchev–Trinajstić information content (AvgIpc) is 4.04. The molecular weight excluding hydrogens is 676 g/mol. The van der Waals surface area contributed by atoms with Crippen LogP contribution in [0.25, 0.3) is 0 Å². The Morgan fingerprint density at radius 1 is 0.679 bits per heavy atom. The van der Waals surface area contributed by atoms with E-state index in [1.807, 2.05) is 30.3 Å². The molecule has 6 aliphatic heterocycles. The third-order valence-corrected chi connectivity index (χ3v) is 14.2. The highest BCUT2D eigenvalue weighted by molar-refractivity contribution is 5.89. The minimum atomic E-state index is -0.420. The van der Waals surface area contributed by atoms with E-state index in [1.165, 1.54) is 61.8 Å². The number of rotatable bonds is 9. The maximum atomic E-state index is 12.9. The summed E-state index contributed by atoms with van der Waals surface area (Å²) in [6.07, 6.45) is 12.7. The highest BCUT2D eigenvalue weighted by atomic mass is 16.7. The van der Waals surface area contributed by atoms with Gasteiger partial charge in [-0.05, 0) is 93.4 Å². The number of urea groups is 2. The van der Waals surface area contributed by atoms with Crippen molar-refractivity contribution in [3.8, 4) is 0 Å². The van der Waals surface area contributed by atoms with Crippen LogP contribution in [0, 0.1) is 10.8 Å². The van der Waals surface area contributed by atoms with Crippen molar-refractivity contribution in [3.63, 3.8) is 0 Å². The Labute approximate surface area is 312 Å². The summed E-state index contributed by atoms with van der Waals surface area (Å²) < 4.78 is 0. The Bertz CT molecular complexity index is 1620. The van der Waals surface area contributed by atoms with Gasteiger partial charge < -0.3 is 20.4 Å². The van der Waals surface area contributed by atoms with Gasteiger partial charge in [0.05, 0.1) is 12.1 Å². The van der Waals surface area contributed by atoms with Crippen molar-refractivity contribution in [1.29, 1.82) is 0 Å². The summed E-state index contributed by atoms with van der Waals surface area (Å²) in [4.78, 5) is 64.6. The molecule has 10 fully saturated rings. The molecule has 4 aliphatic carbocycles. The van der Waals surface area contributed by atoms with Crippen molar-refractivity contribution >= 4 is 23.9 Å². The van der Waals surface area contributed by atoms with Gasteiger partial charge in [-0.2, -0.15) is 5.06 Å². The second-order valence-corrected chi connectivity index (χ2v) is 18.3. The van der Waals surface area contributed by atoms with Crippen LogP contribution in [0.3, 0.4) is 0 Å². The van der Waals surface area contributed by atoms with Crippen LogP contribution < -0.4 is 10.6 Å². The summed E-state index contributed by atoms with van der Waals surface area (Å²) in [7, 11) is 0. The quantitative estimate of drug-likeness (QED) is 0.330. The lowest BCUT2D eigenvalue weighted by atomic mass is 9.60. The Balaban J connectivity index is 0.000000144. The number of hydrogen-bond acceptors (Lipinski definition) is 8. The van der Waals surface area contributed by atoms with Gasteiger partial charge in [0.25, 0.3) is 0 Å². The van der Waals surface area contributed by atoms with Crippen LogP contribution in [0.5, 0.6) is 0 Å². The maximum absolute atomic E-state index is 12.9. The predicted molar refractivity (Wildman–Crippen MR) is 193 cm³/mol. The van der Waals surface area contributed by atoms with Crippen LogP contribution in [0.15, 0.2) is 30.3 Å². The molecule has 4 atom stereocenters. The van der Waals surface area contributed by atoms with Crippen LogP contribution in [0.2, 0.25) is 0 Å². The molecule has 6 amide bonds. The van der Waals surface area contributed by atoms with E-state index in [0.717, 1.165) is 54.8 Å². The van der Waals surface area contributed by atoms with Gasteiger partial charge in [0, 0.05) is 64.9 Å². The minimum absolute atomic E-state index is 0. The molecule has 6 saturated heterocycles. The first-order valence-electron chi connectivity index (χ1n) is 20.3. The van der Waals surface area contributed by atoms with E-state index in [0.29, 0.717) is 49.8 Å². The fourth-order valence-corrected chi connectivity index (χ4v) is 11.0. The van der Waals surface area contributed by atoms with Crippen LogP contribution in [-0.2, 0) is 21.0 Å². The van der Waals surface area contributed by atoms with Gasteiger partial charge in [0.1, 0.15) is 18.7 Å². The highest BCUT2D eigenvalue weighted by Gasteiger charge is 2.57. The molecule has 4 bridgehead atoms. The van der Waals surface area contributed by atoms with Crippen molar-refractivity contribution in [2.45, 2.75) is 132 Å². The highest BCUT2D eigenvalue weighted by Crippen LogP contribution is 2.52. The lowest BCUT2D eigenvalue weighted by Crippen LogP contribution is -2.67. The van der Waals surface area contributed by atoms with Crippen molar-refractivity contribution < 1.29 is 30.6 Å². The zero-order chi connectivity index (χ0) is 36.1. The van der Waals surface area contributed by atoms with Crippen molar-refractivity contribution in [2.24, 2.45) is 10.8 Å². The van der Waals surface area contributed by atoms with E-state index < -0.39 is 12.1 Å². The molecule has 4 saturated carbocycles. The van der Waals surface area contributed by atoms with E-state index in [2.05, 4.69) is 20.4 Å². The SMILES string of the molecule is O=C(NC1CC2(C1)CN(C1CC1)C2)[C@@H]1CC[C@@H]2CN1C(=O)N2O.O=C(NC1CC2(C1)CN(C1CC1)C2)[C@@H]1CC[C@@H]2CN1C(=O)N2OCc1ccccc1.[HH]. The van der Waals surface area contributed by atoms with Gasteiger partial charge in [-0.15, -0.1) is 0 Å². The molecule has 0 radical (unpaired) electrons. The molecule has 3 N–H and O–H groups in total. The summed E-state index contributed by atoms with van der Waals surface area (Å²) in [6, 6.07) is 10.7. The average molecular weight is 733 g/mol. The van der Waals surface area contributed by atoms with Crippen molar-refractivity contribution in [2.75, 3.05) is 39.3 Å². The zero-order valence-corrected chi connectivity index (χ0v) is 30.6. The molecule has 288 valence electrons. The number of fused-ring (bicyclic) bond motifs is 4. The Hall–Kier alpha value is -3.46. The minimum Gasteiger partial charge on any atom is -0.352 e. The smallest absolute Gasteiger partial charge is 0.345 e. The largest absolute Gasteiger partial charge is 0.352 e. The molecule has 53 heavy (non-hydrogen) atoms. The second-order valence-electron chi connectivity index (χ2n) is 18.3. The number of benzene rings is 1. The molecule has 0 aromatic heterocycles. The molecular formula is C39H56N8O6.